The van der Waals surface area contributed by atoms with Crippen molar-refractivity contribution in [2.24, 2.45) is 23.7 Å². The molecule has 0 spiro atoms. The Labute approximate surface area is 857 Å². The minimum atomic E-state index is -0.745. The molecule has 0 amide bonds. The maximum atomic E-state index is 9.37. The summed E-state index contributed by atoms with van der Waals surface area (Å²) in [5, 5.41) is 11.0. The van der Waals surface area contributed by atoms with E-state index in [-0.39, 0.29) is 6.42 Å². The van der Waals surface area contributed by atoms with Crippen LogP contribution >= 0.6 is 11.6 Å². The van der Waals surface area contributed by atoms with Crippen LogP contribution in [0, 0.1) is 23.7 Å². The van der Waals surface area contributed by atoms with E-state index >= 15 is 0 Å². The zero-order valence-corrected chi connectivity index (χ0v) is 93.9. The van der Waals surface area contributed by atoms with Crippen LogP contribution in [0.2, 0.25) is 5.02 Å². The molecule has 4 nitrogen and oxygen atoms in total. The van der Waals surface area contributed by atoms with Crippen LogP contribution in [0.25, 0.3) is 10.8 Å². The highest BCUT2D eigenvalue weighted by atomic mass is 35.5. The largest absolute Gasteiger partial charge is 0.494 e. The zero-order valence-electron chi connectivity index (χ0n) is 93.2. The molecule has 4 aliphatic rings. The molecule has 12 rings (SSSR count). The van der Waals surface area contributed by atoms with Crippen molar-refractivity contribution in [2.75, 3.05) is 13.2 Å². The lowest BCUT2D eigenvalue weighted by Crippen LogP contribution is -2.05. The summed E-state index contributed by atoms with van der Waals surface area (Å²) in [6, 6.07) is 74.8. The number of aryl methyl sites for hydroxylation is 5. The fourth-order valence-corrected chi connectivity index (χ4v) is 16.8. The highest BCUT2D eigenvalue weighted by Crippen LogP contribution is 2.31. The normalized spacial score (nSPS) is 13.0. The molecule has 5 heteroatoms. The number of rotatable bonds is 42. The van der Waals surface area contributed by atoms with Gasteiger partial charge in [-0.05, 0) is 156 Å². The third kappa shape index (κ3) is 94.1. The third-order valence-corrected chi connectivity index (χ3v) is 26.1. The van der Waals surface area contributed by atoms with Gasteiger partial charge in [0.05, 0.1) is 13.2 Å². The maximum absolute atomic E-state index is 9.37. The number of halogens is 1. The number of carboxylic acids is 1. The van der Waals surface area contributed by atoms with Crippen molar-refractivity contribution < 1.29 is 19.4 Å². The van der Waals surface area contributed by atoms with Gasteiger partial charge < -0.3 is 14.6 Å². The van der Waals surface area contributed by atoms with Gasteiger partial charge >= 0.3 is 5.97 Å². The molecule has 0 bridgehead atoms. The van der Waals surface area contributed by atoms with Gasteiger partial charge in [0.2, 0.25) is 0 Å². The molecule has 0 aromatic heterocycles. The molecule has 780 valence electrons. The highest BCUT2D eigenvalue weighted by Gasteiger charge is 2.15. The van der Waals surface area contributed by atoms with E-state index < -0.39 is 5.97 Å². The Morgan fingerprint density at radius 2 is 0.555 bits per heavy atom. The van der Waals surface area contributed by atoms with Gasteiger partial charge in [0, 0.05) is 11.4 Å². The Morgan fingerprint density at radius 1 is 0.255 bits per heavy atom. The van der Waals surface area contributed by atoms with Crippen LogP contribution in [-0.2, 0) is 36.9 Å². The van der Waals surface area contributed by atoms with E-state index in [9.17, 15) is 4.79 Å². The Kier molecular flexibility index (Phi) is 108. The van der Waals surface area contributed by atoms with Crippen molar-refractivity contribution >= 4 is 28.3 Å². The summed E-state index contributed by atoms with van der Waals surface area (Å²) < 4.78 is 11.1. The van der Waals surface area contributed by atoms with E-state index in [1.807, 2.05) is 66.7 Å². The van der Waals surface area contributed by atoms with Crippen molar-refractivity contribution in [2.45, 2.75) is 516 Å². The first-order valence-corrected chi connectivity index (χ1v) is 58.4. The molecule has 4 fully saturated rings. The minimum absolute atomic E-state index is 0.222. The summed E-state index contributed by atoms with van der Waals surface area (Å²) in [7, 11) is 0. The second kappa shape index (κ2) is 110. The number of carboxylic acid groups (broad SMARTS) is 1. The zero-order chi connectivity index (χ0) is 101. The minimum Gasteiger partial charge on any atom is -0.494 e. The molecule has 0 aliphatic heterocycles. The molecule has 8 aromatic carbocycles. The number of aliphatic carboxylic acids is 1. The van der Waals surface area contributed by atoms with Gasteiger partial charge in [-0.1, -0.05) is 646 Å². The maximum Gasteiger partial charge on any atom is 0.303 e. The number of ether oxygens (including phenoxy) is 2. The number of hydrogen-bond acceptors (Lipinski definition) is 3. The van der Waals surface area contributed by atoms with Crippen LogP contribution < -0.4 is 9.47 Å². The van der Waals surface area contributed by atoms with Gasteiger partial charge in [-0.3, -0.25) is 4.79 Å². The number of unbranched alkanes of at least 4 members (excludes halogenated alkanes) is 20. The Bertz CT molecular complexity index is 3480. The molecule has 8 aromatic rings. The Hall–Kier alpha value is -6.62. The molecule has 137 heavy (non-hydrogen) atoms. The molecule has 0 atom stereocenters. The summed E-state index contributed by atoms with van der Waals surface area (Å²) in [5.41, 5.74) is 7.12. The summed E-state index contributed by atoms with van der Waals surface area (Å²) in [4.78, 5) is 9.37. The molecule has 4 saturated carbocycles. The number of benzene rings is 8. The van der Waals surface area contributed by atoms with E-state index in [1.54, 1.807) is 6.92 Å². The molecular weight excluding hydrogens is 1680 g/mol. The van der Waals surface area contributed by atoms with Crippen molar-refractivity contribution in [1.82, 2.24) is 0 Å². The number of fused-ring (bicyclic) bond motifs is 1. The molecule has 0 heterocycles. The standard InChI is InChI=1S/C14H16O.C11H22.C11H16.C10H14O.C10H20.C10H14.C9H18.C9H12.C8H9Cl.C8H16.C8H10.C8H18.C7H16.C6H14.C3H6O2/c1-2-3-10-15-14-9-8-12-6-4-5-7-13(12)11-14;2*1-2-3-5-8-11-9-6-4-7-10-11;1-2-3-9-11-10-7-5-4-6-8-10;2*1-2-3-7-10-8-5-4-6-9-10;2*1-2-6-9-7-4-3-5-8-9;1-2-7-3-5-8(9)6-4-7;2*1-2-8-6-4-3-5-7-8;1-3-5-7-8-6-4-2;1-3-5-7-6-4-2;1-3-5-6-4-2;1-2-3(4)5/h4-9,11H,2-3,10H2,1H3;11H,2-10H2,1H3;4,6-7,9-10H,2-3,5,8H2,1H3;4-8H,2-3,9H2,1H3;10H,2-9H2,1H3;4-6,8-9H,2-3,7H2,1H3;9H,2-8H2,1H3;3-5,7-8H,2,6H2,1H3;3-6H,2H2,1H3;8H,2-7H2,1H3;3-7H,2H2,1H3;3-8H2,1-2H3;3-7H2,1-2H3;3-6H2,1-2H3;2H2,1H3,(H,4,5). The molecular formula is C132H221ClO4. The third-order valence-electron chi connectivity index (χ3n) is 25.8. The first-order chi connectivity index (χ1) is 67.1. The van der Waals surface area contributed by atoms with Gasteiger partial charge in [-0.25, -0.2) is 0 Å². The molecule has 0 radical (unpaired) electrons. The van der Waals surface area contributed by atoms with Crippen molar-refractivity contribution in [3.05, 3.63) is 251 Å². The average Bonchev–Trinajstić information content (AvgIpc) is 0.844. The van der Waals surface area contributed by atoms with Gasteiger partial charge in [0.15, 0.2) is 0 Å². The van der Waals surface area contributed by atoms with Gasteiger partial charge in [-0.2, -0.15) is 0 Å². The predicted octanol–water partition coefficient (Wildman–Crippen LogP) is 44.8. The SMILES string of the molecule is CCC(=O)O.CCC1CCCCC1.CCCC1CCCCC1.CCCCC1CCCCC1.CCCCCC.CCCCCC1CCCCC1.CCCCCCC.CCCCCCCC.CCCCCc1ccccc1.CCCCOc1ccc2ccccc2c1.CCCCOc1ccccc1.CCCCc1ccccc1.CCCc1ccccc1.CCc1ccc(Cl)cc1.CCc1ccccc1. The van der Waals surface area contributed by atoms with Crippen LogP contribution in [0.15, 0.2) is 218 Å². The van der Waals surface area contributed by atoms with Crippen molar-refractivity contribution in [1.29, 1.82) is 0 Å². The summed E-state index contributed by atoms with van der Waals surface area (Å²) in [6.45, 7) is 41.2. The fraction of sp³-hybridized carbons (Fsp3) is 0.644. The van der Waals surface area contributed by atoms with E-state index in [0.29, 0.717) is 0 Å². The smallest absolute Gasteiger partial charge is 0.303 e. The average molecular weight is 1910 g/mol. The topological polar surface area (TPSA) is 55.8 Å². The van der Waals surface area contributed by atoms with Gasteiger partial charge in [-0.15, -0.1) is 0 Å². The van der Waals surface area contributed by atoms with Crippen LogP contribution in [0.4, 0.5) is 0 Å². The second-order valence-electron chi connectivity index (χ2n) is 38.6. The first-order valence-electron chi connectivity index (χ1n) is 58.0. The quantitative estimate of drug-likeness (QED) is 0.0388. The van der Waals surface area contributed by atoms with Gasteiger partial charge in [0.1, 0.15) is 11.5 Å². The molecule has 4 aliphatic carbocycles. The van der Waals surface area contributed by atoms with Crippen LogP contribution in [0.3, 0.4) is 0 Å². The number of para-hydroxylation sites is 1. The van der Waals surface area contributed by atoms with E-state index in [4.69, 9.17) is 26.2 Å². The second-order valence-corrected chi connectivity index (χ2v) is 39.0. The Morgan fingerprint density at radius 3 is 0.905 bits per heavy atom. The van der Waals surface area contributed by atoms with Gasteiger partial charge in [0.25, 0.3) is 0 Å². The highest BCUT2D eigenvalue weighted by molar-refractivity contribution is 6.30. The van der Waals surface area contributed by atoms with Crippen LogP contribution in [0.1, 0.15) is 512 Å². The predicted molar refractivity (Wildman–Crippen MR) is 619 cm³/mol. The monoisotopic (exact) mass is 1910 g/mol. The fourth-order valence-electron chi connectivity index (χ4n) is 16.7. The van der Waals surface area contributed by atoms with Crippen LogP contribution in [0.5, 0.6) is 11.5 Å². The molecule has 0 unspecified atom stereocenters. The summed E-state index contributed by atoms with van der Waals surface area (Å²) in [6.07, 6.45) is 84.3. The van der Waals surface area contributed by atoms with Crippen molar-refractivity contribution in [3.63, 3.8) is 0 Å². The lowest BCUT2D eigenvalue weighted by atomic mass is 9.86. The van der Waals surface area contributed by atoms with E-state index in [2.05, 4.69) is 269 Å². The lowest BCUT2D eigenvalue weighted by molar-refractivity contribution is -0.136. The van der Waals surface area contributed by atoms with Crippen molar-refractivity contribution in [3.8, 4) is 11.5 Å². The summed E-state index contributed by atoms with van der Waals surface area (Å²) >= 11 is 5.67. The number of hydrogen-bond donors (Lipinski definition) is 1. The molecule has 1 N–H and O–H groups in total. The van der Waals surface area contributed by atoms with E-state index in [1.165, 1.54) is 398 Å². The first kappa shape index (κ1) is 135. The van der Waals surface area contributed by atoms with E-state index in [0.717, 1.165) is 79.1 Å². The van der Waals surface area contributed by atoms with Crippen LogP contribution in [-0.4, -0.2) is 24.3 Å². The summed E-state index contributed by atoms with van der Waals surface area (Å²) in [5.74, 6) is 5.60. The molecule has 0 saturated heterocycles. The Balaban J connectivity index is -0.00000141. The lowest BCUT2D eigenvalue weighted by Gasteiger charge is -2.20. The number of carbonyl (C=O) groups is 1.